The lowest BCUT2D eigenvalue weighted by atomic mass is 9.96. The lowest BCUT2D eigenvalue weighted by Crippen LogP contribution is -2.09. The Morgan fingerprint density at radius 3 is 0.680 bits per heavy atom. The van der Waals surface area contributed by atoms with Crippen LogP contribution in [0.4, 0.5) is 22.0 Å². The first-order valence-corrected chi connectivity index (χ1v) is 31.9. The van der Waals surface area contributed by atoms with Crippen molar-refractivity contribution in [3.63, 3.8) is 0 Å². The van der Waals surface area contributed by atoms with E-state index in [9.17, 15) is 5.26 Å². The molecule has 0 saturated carbocycles. The topological polar surface area (TPSA) is 53.4 Å². The molecule has 456 valence electrons. The summed E-state index contributed by atoms with van der Waals surface area (Å²) >= 11 is 0. The molecule has 7 nitrogen and oxygen atoms in total. The monoisotopic (exact) mass is 1260 g/mol. The molecule has 14 aromatic carbocycles. The fourth-order valence-electron chi connectivity index (χ4n) is 15.9. The Morgan fingerprint density at radius 2 is 0.433 bits per heavy atom. The summed E-state index contributed by atoms with van der Waals surface area (Å²) in [5.41, 5.74) is 12.2. The molecule has 20 rings (SSSR count). The van der Waals surface area contributed by atoms with Gasteiger partial charge in [-0.1, -0.05) is 170 Å². The number of hydrogen-bond acceptors (Lipinski definition) is 1. The predicted octanol–water partition coefficient (Wildman–Crippen LogP) is 22.5. The molecule has 0 aliphatic rings. The fraction of sp³-hybridized carbons (Fsp3) is 0. The van der Waals surface area contributed by atoms with Gasteiger partial charge < -0.3 is 27.4 Å². The van der Waals surface area contributed by atoms with Gasteiger partial charge in [-0.25, -0.2) is 22.0 Å². The van der Waals surface area contributed by atoms with Crippen molar-refractivity contribution in [2.45, 2.75) is 0 Å². The summed E-state index contributed by atoms with van der Waals surface area (Å²) in [6.45, 7) is 0. The van der Waals surface area contributed by atoms with E-state index in [1.165, 1.54) is 6.07 Å². The molecule has 0 radical (unpaired) electrons. The molecule has 0 unspecified atom stereocenters. The van der Waals surface area contributed by atoms with Crippen LogP contribution in [0.1, 0.15) is 5.56 Å². The van der Waals surface area contributed by atoms with Crippen LogP contribution in [0.5, 0.6) is 0 Å². The third-order valence-corrected chi connectivity index (χ3v) is 20.0. The van der Waals surface area contributed by atoms with Crippen LogP contribution in [0.2, 0.25) is 0 Å². The van der Waals surface area contributed by atoms with Gasteiger partial charge in [-0.2, -0.15) is 5.26 Å². The molecular weight excluding hydrogens is 1210 g/mol. The minimum absolute atomic E-state index is 0.264. The Hall–Kier alpha value is -13.0. The van der Waals surface area contributed by atoms with Gasteiger partial charge >= 0.3 is 0 Å². The molecule has 0 aliphatic carbocycles. The minimum Gasteiger partial charge on any atom is -0.309 e. The Balaban J connectivity index is 0.978. The van der Waals surface area contributed by atoms with Crippen LogP contribution in [0.25, 0.3) is 176 Å². The SMILES string of the molecule is N#Cc1cc(-n2c3cc(-n4c5ccccc5c5ccccc54)ccc3c3ccc(-n4c5ccccc5c5ccccc54)cc32)c(-n2c3cc(-n4c5ccccc5c5ccccc54)ccc3c3ccc(-n4c5ccccc5c5ccccc54)cc32)cc1-c1c(F)c(F)c(F)c(F)c1F. The largest absolute Gasteiger partial charge is 0.309 e. The standard InChI is InChI=1S/C85H46F5N7/c86-81-80(82(87)84(89)85(90)83(81)88)65-46-79(97-76-44-51(94-70-29-13-5-21-57(70)58-22-6-14-30-71(58)94)35-39-63(76)64-40-36-52(45-77(64)97)95-72-31-15-7-23-59(72)60-24-8-16-32-73(60)95)78(41-48(65)47-91)96-74-42-49(92-66-25-9-1-17-53(66)54-18-2-10-26-67(54)92)33-37-61(74)62-38-34-50(43-75(62)96)93-68-27-11-3-19-55(68)56-20-4-12-28-69(56)93/h1-46H. The van der Waals surface area contributed by atoms with Crippen molar-refractivity contribution < 1.29 is 22.0 Å². The van der Waals surface area contributed by atoms with Crippen molar-refractivity contribution in [2.75, 3.05) is 0 Å². The van der Waals surface area contributed by atoms with Gasteiger partial charge in [0, 0.05) is 92.9 Å². The average molecular weight is 1260 g/mol. The average Bonchev–Trinajstić information content (AvgIpc) is 1.66. The second-order valence-electron chi connectivity index (χ2n) is 24.9. The van der Waals surface area contributed by atoms with Crippen LogP contribution >= 0.6 is 0 Å². The van der Waals surface area contributed by atoms with E-state index in [1.54, 1.807) is 6.07 Å². The molecule has 20 aromatic rings. The van der Waals surface area contributed by atoms with Gasteiger partial charge in [0.1, 0.15) is 0 Å². The van der Waals surface area contributed by atoms with Crippen molar-refractivity contribution >= 4 is 131 Å². The number of aromatic nitrogens is 6. The van der Waals surface area contributed by atoms with Gasteiger partial charge in [-0.05, 0) is 109 Å². The second-order valence-corrected chi connectivity index (χ2v) is 24.9. The van der Waals surface area contributed by atoms with E-state index in [0.29, 0.717) is 27.8 Å². The Labute approximate surface area is 547 Å². The number of hydrogen-bond donors (Lipinski definition) is 0. The highest BCUT2D eigenvalue weighted by molar-refractivity contribution is 6.17. The molecule has 6 aromatic heterocycles. The van der Waals surface area contributed by atoms with Crippen molar-refractivity contribution in [3.05, 3.63) is 314 Å². The maximum Gasteiger partial charge on any atom is 0.200 e. The number of nitrogens with zero attached hydrogens (tertiary/aromatic N) is 7. The molecule has 0 N–H and O–H groups in total. The van der Waals surface area contributed by atoms with Gasteiger partial charge in [-0.15, -0.1) is 0 Å². The third kappa shape index (κ3) is 7.53. The van der Waals surface area contributed by atoms with E-state index in [0.717, 1.165) is 132 Å². The molecule has 0 saturated heterocycles. The van der Waals surface area contributed by atoms with Crippen LogP contribution in [0.15, 0.2) is 279 Å². The van der Waals surface area contributed by atoms with Crippen LogP contribution in [0.3, 0.4) is 0 Å². The van der Waals surface area contributed by atoms with Gasteiger partial charge in [0.15, 0.2) is 23.3 Å². The van der Waals surface area contributed by atoms with Crippen LogP contribution in [-0.2, 0) is 0 Å². The predicted molar refractivity (Wildman–Crippen MR) is 382 cm³/mol. The molecule has 0 aliphatic heterocycles. The minimum atomic E-state index is -2.31. The van der Waals surface area contributed by atoms with Crippen molar-refractivity contribution in [1.82, 2.24) is 27.4 Å². The van der Waals surface area contributed by atoms with E-state index in [4.69, 9.17) is 0 Å². The molecule has 0 fully saturated rings. The fourth-order valence-corrected chi connectivity index (χ4v) is 15.9. The lowest BCUT2D eigenvalue weighted by molar-refractivity contribution is 0.381. The molecule has 0 atom stereocenters. The van der Waals surface area contributed by atoms with E-state index in [-0.39, 0.29) is 11.3 Å². The number of rotatable bonds is 7. The van der Waals surface area contributed by atoms with Crippen LogP contribution < -0.4 is 0 Å². The Bertz CT molecular complexity index is 6340. The molecule has 0 amide bonds. The normalized spacial score (nSPS) is 12.2. The highest BCUT2D eigenvalue weighted by Crippen LogP contribution is 2.47. The molecule has 97 heavy (non-hydrogen) atoms. The molecular formula is C85H46F5N7. The van der Waals surface area contributed by atoms with Crippen molar-refractivity contribution in [1.29, 1.82) is 5.26 Å². The summed E-state index contributed by atoms with van der Waals surface area (Å²) in [6.07, 6.45) is 0. The summed E-state index contributed by atoms with van der Waals surface area (Å²) in [7, 11) is 0. The maximum absolute atomic E-state index is 17.1. The van der Waals surface area contributed by atoms with E-state index >= 15 is 22.0 Å². The number of nitriles is 1. The van der Waals surface area contributed by atoms with E-state index < -0.39 is 40.2 Å². The van der Waals surface area contributed by atoms with Gasteiger partial charge in [0.25, 0.3) is 0 Å². The zero-order chi connectivity index (χ0) is 64.6. The first-order chi connectivity index (χ1) is 47.7. The first-order valence-electron chi connectivity index (χ1n) is 31.9. The quantitative estimate of drug-likeness (QED) is 0.0891. The van der Waals surface area contributed by atoms with Gasteiger partial charge in [-0.3, -0.25) is 0 Å². The van der Waals surface area contributed by atoms with Crippen LogP contribution in [-0.4, -0.2) is 27.4 Å². The highest BCUT2D eigenvalue weighted by Gasteiger charge is 2.32. The second kappa shape index (κ2) is 20.3. The highest BCUT2D eigenvalue weighted by atomic mass is 19.2. The number of fused-ring (bicyclic) bond motifs is 18. The maximum atomic E-state index is 17.1. The zero-order valence-corrected chi connectivity index (χ0v) is 51.1. The van der Waals surface area contributed by atoms with E-state index in [1.807, 2.05) is 102 Å². The van der Waals surface area contributed by atoms with Crippen molar-refractivity contribution in [2.24, 2.45) is 0 Å². The smallest absolute Gasteiger partial charge is 0.200 e. The number of para-hydroxylation sites is 8. The molecule has 0 bridgehead atoms. The van der Waals surface area contributed by atoms with E-state index in [2.05, 4.69) is 199 Å². The molecule has 12 heteroatoms. The van der Waals surface area contributed by atoms with Gasteiger partial charge in [0.05, 0.1) is 94.8 Å². The Kier molecular flexibility index (Phi) is 11.4. The first kappa shape index (κ1) is 54.6. The molecule has 0 spiro atoms. The summed E-state index contributed by atoms with van der Waals surface area (Å²) in [4.78, 5) is 0. The van der Waals surface area contributed by atoms with Crippen molar-refractivity contribution in [3.8, 4) is 51.3 Å². The van der Waals surface area contributed by atoms with Crippen LogP contribution in [0, 0.1) is 40.4 Å². The lowest BCUT2D eigenvalue weighted by Gasteiger charge is -2.21. The third-order valence-electron chi connectivity index (χ3n) is 20.0. The summed E-state index contributed by atoms with van der Waals surface area (Å²) < 4.78 is 94.6. The summed E-state index contributed by atoms with van der Waals surface area (Å²) in [5.74, 6) is -10.7. The van der Waals surface area contributed by atoms with Gasteiger partial charge in [0.2, 0.25) is 5.82 Å². The number of halogens is 5. The Morgan fingerprint density at radius 1 is 0.216 bits per heavy atom. The zero-order valence-electron chi connectivity index (χ0n) is 51.1. The molecule has 6 heterocycles. The summed E-state index contributed by atoms with van der Waals surface area (Å²) in [6, 6.07) is 96.5. The number of benzene rings is 14. The summed E-state index contributed by atoms with van der Waals surface area (Å²) in [5, 5.41) is 23.4.